The van der Waals surface area contributed by atoms with Gasteiger partial charge < -0.3 is 69.3 Å². The Morgan fingerprint density at radius 1 is 0.576 bits per heavy atom. The van der Waals surface area contributed by atoms with Crippen LogP contribution in [0.5, 0.6) is 0 Å². The summed E-state index contributed by atoms with van der Waals surface area (Å²) in [7, 11) is 0. The van der Waals surface area contributed by atoms with E-state index in [-0.39, 0.29) is 55.2 Å². The van der Waals surface area contributed by atoms with E-state index in [1.807, 2.05) is 0 Å². The first-order valence-electron chi connectivity index (χ1n) is 19.4. The molecule has 59 heavy (non-hydrogen) atoms. The van der Waals surface area contributed by atoms with Crippen LogP contribution < -0.4 is 0 Å². The number of hydrogen-bond donors (Lipinski definition) is 8. The molecule has 17 heteroatoms. The molecule has 2 saturated heterocycles. The fraction of sp³-hybridized carbons (Fsp3) is 0.643. The van der Waals surface area contributed by atoms with Crippen molar-refractivity contribution >= 4 is 17.9 Å². The number of carbonyl (C=O) groups is 3. The van der Waals surface area contributed by atoms with Crippen LogP contribution in [0.15, 0.2) is 72.9 Å². The van der Waals surface area contributed by atoms with Crippen LogP contribution in [0.25, 0.3) is 0 Å². The van der Waals surface area contributed by atoms with Gasteiger partial charge in [0.15, 0.2) is 18.5 Å². The fourth-order valence-corrected chi connectivity index (χ4v) is 5.88. The summed E-state index contributed by atoms with van der Waals surface area (Å²) in [5.74, 6) is -2.70. The van der Waals surface area contributed by atoms with Crippen molar-refractivity contribution in [2.45, 2.75) is 158 Å². The molecule has 8 N–H and O–H groups in total. The van der Waals surface area contributed by atoms with Gasteiger partial charge in [-0.15, -0.1) is 19.7 Å². The van der Waals surface area contributed by atoms with Gasteiger partial charge in [0.2, 0.25) is 6.29 Å². The van der Waals surface area contributed by atoms with E-state index < -0.39 is 109 Å². The summed E-state index contributed by atoms with van der Waals surface area (Å²) >= 11 is 0. The number of aliphatic hydroxyl groups excluding tert-OH is 6. The highest BCUT2D eigenvalue weighted by atomic mass is 16.7. The molecule has 17 nitrogen and oxygen atoms in total. The van der Waals surface area contributed by atoms with Crippen molar-refractivity contribution in [1.29, 1.82) is 0 Å². The summed E-state index contributed by atoms with van der Waals surface area (Å²) in [6.45, 7) is 18.6. The van der Waals surface area contributed by atoms with E-state index >= 15 is 0 Å². The Morgan fingerprint density at radius 2 is 1.00 bits per heavy atom. The van der Waals surface area contributed by atoms with E-state index in [1.165, 1.54) is 57.2 Å². The Bertz CT molecular complexity index is 1550. The van der Waals surface area contributed by atoms with E-state index in [1.54, 1.807) is 20.8 Å². The van der Waals surface area contributed by atoms with Crippen molar-refractivity contribution in [2.24, 2.45) is 0 Å². The SMILES string of the molecule is C=CC(C)(O)CC/C=C(\C)C(=O)O[C@@H]1[C@@H](OC(=O)/C(C)=C/CCC(C)(O)C=C)[C@H](O)[C@@H](OC(C)(C=C)CC/C=C(\C)C(=O)O[C@H]2O[C@@H](CO)[C@H](O)[C@@H](O)[C@@H]2O)O[C@H]1CO. The minimum absolute atomic E-state index is 0.0614. The molecule has 2 rings (SSSR count). The average Bonchev–Trinajstić information content (AvgIpc) is 3.19. The van der Waals surface area contributed by atoms with Crippen molar-refractivity contribution in [3.8, 4) is 0 Å². The molecule has 13 atom stereocenters. The Kier molecular flexibility index (Phi) is 20.0. The third-order valence-electron chi connectivity index (χ3n) is 10.3. The second kappa shape index (κ2) is 22.9. The molecule has 0 aromatic rings. The number of hydrogen-bond acceptors (Lipinski definition) is 17. The Hall–Kier alpha value is -3.59. The van der Waals surface area contributed by atoms with Gasteiger partial charge in [-0.3, -0.25) is 0 Å². The minimum atomic E-state index is -1.80. The van der Waals surface area contributed by atoms with Crippen LogP contribution in [0, 0.1) is 0 Å². The average molecular weight is 841 g/mol. The van der Waals surface area contributed by atoms with Crippen molar-refractivity contribution in [3.05, 3.63) is 72.9 Å². The minimum Gasteiger partial charge on any atom is -0.452 e. The fourth-order valence-electron chi connectivity index (χ4n) is 5.88. The lowest BCUT2D eigenvalue weighted by atomic mass is 9.96. The lowest BCUT2D eigenvalue weighted by molar-refractivity contribution is -0.322. The highest BCUT2D eigenvalue weighted by molar-refractivity contribution is 5.89. The molecule has 0 saturated carbocycles. The number of allylic oxidation sites excluding steroid dienone is 3. The first-order valence-corrected chi connectivity index (χ1v) is 19.4. The van der Waals surface area contributed by atoms with Crippen molar-refractivity contribution in [2.75, 3.05) is 13.2 Å². The highest BCUT2D eigenvalue weighted by Crippen LogP contribution is 2.33. The topological polar surface area (TPSA) is 268 Å². The van der Waals surface area contributed by atoms with Crippen molar-refractivity contribution in [1.82, 2.24) is 0 Å². The van der Waals surface area contributed by atoms with E-state index in [2.05, 4.69) is 19.7 Å². The number of carbonyl (C=O) groups excluding carboxylic acids is 3. The number of esters is 3. The van der Waals surface area contributed by atoms with Gasteiger partial charge in [-0.1, -0.05) is 36.5 Å². The van der Waals surface area contributed by atoms with Gasteiger partial charge >= 0.3 is 17.9 Å². The second-order valence-corrected chi connectivity index (χ2v) is 15.6. The van der Waals surface area contributed by atoms with E-state index in [0.29, 0.717) is 0 Å². The Labute approximate surface area is 345 Å². The van der Waals surface area contributed by atoms with E-state index in [4.69, 9.17) is 28.4 Å². The molecular formula is C42H64O17. The molecule has 334 valence electrons. The van der Waals surface area contributed by atoms with Gasteiger partial charge in [0, 0.05) is 16.7 Å². The summed E-state index contributed by atoms with van der Waals surface area (Å²) < 4.78 is 34.0. The van der Waals surface area contributed by atoms with Gasteiger partial charge in [0.1, 0.15) is 36.6 Å². The summed E-state index contributed by atoms with van der Waals surface area (Å²) in [5, 5.41) is 82.2. The number of ether oxygens (including phenoxy) is 6. The normalized spacial score (nSPS) is 31.1. The molecule has 0 aliphatic carbocycles. The first kappa shape index (κ1) is 51.6. The standard InChI is InChI=1S/C42H64O17/c1-10-40(7,52)19-13-16-24(4)35(49)56-33-28(23-44)55-39(32(48)34(33)57-36(50)25(5)17-14-20-41(8,53)11-2)59-42(9,12-3)21-15-18-26(6)37(51)58-38-31(47)30(46)29(45)27(22-43)54-38/h10-12,16-18,27-34,38-39,43-48,52-53H,1-3,13-15,19-23H2,4-9H3/b24-16+,25-17+,26-18+/t27-,28-,29-,30+,31-,32-,33-,34-,38+,39+,40?,41?,42?/m0/s1. The van der Waals surface area contributed by atoms with Gasteiger partial charge in [-0.2, -0.15) is 0 Å². The number of rotatable bonds is 22. The van der Waals surface area contributed by atoms with Crippen LogP contribution in [0.1, 0.15) is 80.1 Å². The predicted molar refractivity (Wildman–Crippen MR) is 212 cm³/mol. The molecule has 2 aliphatic rings. The smallest absolute Gasteiger partial charge is 0.335 e. The van der Waals surface area contributed by atoms with E-state index in [9.17, 15) is 55.2 Å². The molecule has 0 aromatic heterocycles. The maximum absolute atomic E-state index is 13.4. The quantitative estimate of drug-likeness (QED) is 0.0330. The summed E-state index contributed by atoms with van der Waals surface area (Å²) in [5.41, 5.74) is -3.36. The molecule has 0 spiro atoms. The van der Waals surface area contributed by atoms with Crippen LogP contribution in [0.3, 0.4) is 0 Å². The van der Waals surface area contributed by atoms with Gasteiger partial charge in [-0.05, 0) is 80.1 Å². The van der Waals surface area contributed by atoms with Gasteiger partial charge in [0.05, 0.1) is 30.0 Å². The summed E-state index contributed by atoms with van der Waals surface area (Å²) in [6, 6.07) is 0. The Morgan fingerprint density at radius 3 is 1.44 bits per heavy atom. The molecular weight excluding hydrogens is 776 g/mol. The largest absolute Gasteiger partial charge is 0.452 e. The van der Waals surface area contributed by atoms with Crippen molar-refractivity contribution in [3.63, 3.8) is 0 Å². The van der Waals surface area contributed by atoms with Crippen LogP contribution in [-0.4, -0.2) is 150 Å². The third kappa shape index (κ3) is 15.1. The second-order valence-electron chi connectivity index (χ2n) is 15.6. The molecule has 3 unspecified atom stereocenters. The number of aliphatic hydroxyl groups is 8. The monoisotopic (exact) mass is 840 g/mol. The zero-order chi connectivity index (χ0) is 44.9. The highest BCUT2D eigenvalue weighted by Gasteiger charge is 2.52. The van der Waals surface area contributed by atoms with Crippen LogP contribution in [0.4, 0.5) is 0 Å². The maximum atomic E-state index is 13.4. The molecule has 2 fully saturated rings. The Balaban J connectivity index is 2.30. The van der Waals surface area contributed by atoms with Gasteiger partial charge in [-0.25, -0.2) is 14.4 Å². The zero-order valence-electron chi connectivity index (χ0n) is 34.8. The summed E-state index contributed by atoms with van der Waals surface area (Å²) in [4.78, 5) is 39.5. The van der Waals surface area contributed by atoms with E-state index in [0.717, 1.165) is 0 Å². The molecule has 0 amide bonds. The summed E-state index contributed by atoms with van der Waals surface area (Å²) in [6.07, 6.45) is -6.08. The molecule has 0 aromatic carbocycles. The first-order chi connectivity index (χ1) is 27.5. The molecule has 2 heterocycles. The zero-order valence-corrected chi connectivity index (χ0v) is 34.8. The van der Waals surface area contributed by atoms with Crippen LogP contribution >= 0.6 is 0 Å². The molecule has 0 bridgehead atoms. The van der Waals surface area contributed by atoms with Crippen LogP contribution in [0.2, 0.25) is 0 Å². The molecule has 0 radical (unpaired) electrons. The van der Waals surface area contributed by atoms with Crippen LogP contribution in [-0.2, 0) is 42.8 Å². The lowest BCUT2D eigenvalue weighted by Gasteiger charge is -2.45. The predicted octanol–water partition coefficient (Wildman–Crippen LogP) is 1.25. The van der Waals surface area contributed by atoms with Crippen molar-refractivity contribution < 1.29 is 83.7 Å². The lowest BCUT2D eigenvalue weighted by Crippen LogP contribution is -2.62. The third-order valence-corrected chi connectivity index (χ3v) is 10.3. The molecule has 2 aliphatic heterocycles. The van der Waals surface area contributed by atoms with Gasteiger partial charge in [0.25, 0.3) is 0 Å². The maximum Gasteiger partial charge on any atom is 0.335 e.